The number of amides is 1. The third-order valence-electron chi connectivity index (χ3n) is 1.99. The first-order chi connectivity index (χ1) is 8.05. The van der Waals surface area contributed by atoms with Crippen LogP contribution in [0.3, 0.4) is 0 Å². The fourth-order valence-electron chi connectivity index (χ4n) is 1.30. The van der Waals surface area contributed by atoms with E-state index in [4.69, 9.17) is 6.42 Å². The highest BCUT2D eigenvalue weighted by Crippen LogP contribution is 2.58. The molecule has 98 valence electrons. The molecule has 4 nitrogen and oxygen atoms in total. The van der Waals surface area contributed by atoms with E-state index in [-0.39, 0.29) is 12.3 Å². The Kier molecular flexibility index (Phi) is 8.41. The van der Waals surface area contributed by atoms with Crippen molar-refractivity contribution in [3.8, 4) is 12.3 Å². The molecular formula is C11H21N2O2PS. The van der Waals surface area contributed by atoms with Crippen LogP contribution in [0.1, 0.15) is 33.6 Å². The van der Waals surface area contributed by atoms with Gasteiger partial charge in [-0.25, -0.2) is 5.09 Å². The van der Waals surface area contributed by atoms with Gasteiger partial charge < -0.3 is 0 Å². The van der Waals surface area contributed by atoms with Gasteiger partial charge in [-0.3, -0.25) is 14.0 Å². The van der Waals surface area contributed by atoms with E-state index in [2.05, 4.69) is 11.0 Å². The van der Waals surface area contributed by atoms with Gasteiger partial charge in [0.25, 0.3) is 6.65 Å². The first kappa shape index (κ1) is 16.6. The summed E-state index contributed by atoms with van der Waals surface area (Å²) in [6.07, 6.45) is 6.04. The number of nitrogens with zero attached hydrogens (tertiary/aromatic N) is 1. The standard InChI is InChI=1S/C11H21N2O2PS/c1-5-9-11(14)13(8-4)16(15,12-7-3)17-10-6-2/h1H,6-10H2,2-4H3,(H,12,15). The number of rotatable bonds is 8. The Balaban J connectivity index is 4.91. The van der Waals surface area contributed by atoms with E-state index in [1.807, 2.05) is 20.8 Å². The maximum atomic E-state index is 12.7. The van der Waals surface area contributed by atoms with Crippen molar-refractivity contribution in [2.75, 3.05) is 18.8 Å². The Hall–Kier alpha value is -0.430. The Labute approximate surface area is 108 Å². The molecule has 0 radical (unpaired) electrons. The zero-order valence-corrected chi connectivity index (χ0v) is 12.4. The Morgan fingerprint density at radius 3 is 2.53 bits per heavy atom. The van der Waals surface area contributed by atoms with Crippen LogP contribution in [0.5, 0.6) is 0 Å². The van der Waals surface area contributed by atoms with Crippen molar-refractivity contribution in [2.45, 2.75) is 33.6 Å². The molecule has 0 fully saturated rings. The van der Waals surface area contributed by atoms with Gasteiger partial charge in [-0.15, -0.1) is 6.42 Å². The van der Waals surface area contributed by atoms with Gasteiger partial charge in [0.2, 0.25) is 5.91 Å². The SMILES string of the molecule is C#CCC(=O)N(CC)P(=O)(NCC)SCCC. The topological polar surface area (TPSA) is 49.4 Å². The lowest BCUT2D eigenvalue weighted by atomic mass is 10.4. The van der Waals surface area contributed by atoms with Crippen LogP contribution >= 0.6 is 18.0 Å². The molecule has 0 aromatic rings. The van der Waals surface area contributed by atoms with Gasteiger partial charge in [-0.1, -0.05) is 31.1 Å². The molecule has 0 saturated carbocycles. The van der Waals surface area contributed by atoms with E-state index in [0.29, 0.717) is 13.1 Å². The molecule has 0 spiro atoms. The Bertz CT molecular complexity index is 328. The molecule has 0 aromatic carbocycles. The van der Waals surface area contributed by atoms with Crippen LogP contribution in [0.25, 0.3) is 0 Å². The summed E-state index contributed by atoms with van der Waals surface area (Å²) < 4.78 is 14.1. The molecule has 0 saturated heterocycles. The molecule has 6 heteroatoms. The quantitative estimate of drug-likeness (QED) is 0.547. The minimum atomic E-state index is -2.88. The third kappa shape index (κ3) is 5.16. The number of hydrogen-bond donors (Lipinski definition) is 1. The minimum Gasteiger partial charge on any atom is -0.273 e. The summed E-state index contributed by atoms with van der Waals surface area (Å²) in [4.78, 5) is 11.8. The monoisotopic (exact) mass is 276 g/mol. The van der Waals surface area contributed by atoms with Gasteiger partial charge in [-0.05, 0) is 13.3 Å². The van der Waals surface area contributed by atoms with Crippen LogP contribution in [0, 0.1) is 12.3 Å². The molecule has 0 rings (SSSR count). The Morgan fingerprint density at radius 1 is 1.47 bits per heavy atom. The fourth-order valence-corrected chi connectivity index (χ4v) is 6.26. The second kappa shape index (κ2) is 8.63. The summed E-state index contributed by atoms with van der Waals surface area (Å²) in [7, 11) is 0. The molecule has 1 atom stereocenters. The molecular weight excluding hydrogens is 255 g/mol. The zero-order chi connectivity index (χ0) is 13.3. The highest BCUT2D eigenvalue weighted by molar-refractivity contribution is 8.56. The zero-order valence-electron chi connectivity index (χ0n) is 10.7. The van der Waals surface area contributed by atoms with E-state index in [9.17, 15) is 9.36 Å². The van der Waals surface area contributed by atoms with E-state index in [1.54, 1.807) is 0 Å². The number of carbonyl (C=O) groups is 1. The van der Waals surface area contributed by atoms with Crippen molar-refractivity contribution in [1.82, 2.24) is 9.76 Å². The molecule has 17 heavy (non-hydrogen) atoms. The van der Waals surface area contributed by atoms with E-state index in [0.717, 1.165) is 12.2 Å². The Morgan fingerprint density at radius 2 is 2.12 bits per heavy atom. The molecule has 0 aliphatic rings. The summed E-state index contributed by atoms with van der Waals surface area (Å²) in [5.74, 6) is 2.81. The lowest BCUT2D eigenvalue weighted by Crippen LogP contribution is -2.32. The van der Waals surface area contributed by atoms with Crippen LogP contribution in [0.15, 0.2) is 0 Å². The average Bonchev–Trinajstić information content (AvgIpc) is 2.28. The normalized spacial score (nSPS) is 13.8. The van der Waals surface area contributed by atoms with Crippen molar-refractivity contribution >= 4 is 23.9 Å². The second-order valence-corrected chi connectivity index (χ2v) is 8.12. The van der Waals surface area contributed by atoms with Crippen molar-refractivity contribution in [2.24, 2.45) is 0 Å². The number of terminal acetylenes is 1. The highest BCUT2D eigenvalue weighted by atomic mass is 32.7. The van der Waals surface area contributed by atoms with E-state index >= 15 is 0 Å². The van der Waals surface area contributed by atoms with Crippen LogP contribution in [0.4, 0.5) is 0 Å². The maximum absolute atomic E-state index is 12.7. The summed E-state index contributed by atoms with van der Waals surface area (Å²) in [5.41, 5.74) is 0. The first-order valence-electron chi connectivity index (χ1n) is 5.79. The predicted octanol–water partition coefficient (Wildman–Crippen LogP) is 2.72. The van der Waals surface area contributed by atoms with Gasteiger partial charge in [-0.2, -0.15) is 0 Å². The van der Waals surface area contributed by atoms with Gasteiger partial charge in [0.05, 0.1) is 6.42 Å². The van der Waals surface area contributed by atoms with Crippen molar-refractivity contribution in [3.05, 3.63) is 0 Å². The molecule has 0 aliphatic heterocycles. The largest absolute Gasteiger partial charge is 0.294 e. The summed E-state index contributed by atoms with van der Waals surface area (Å²) in [6, 6.07) is 0. The predicted molar refractivity (Wildman–Crippen MR) is 74.9 cm³/mol. The molecule has 0 aliphatic carbocycles. The number of nitrogens with one attached hydrogen (secondary N) is 1. The fraction of sp³-hybridized carbons (Fsp3) is 0.727. The van der Waals surface area contributed by atoms with Gasteiger partial charge in [0.15, 0.2) is 0 Å². The molecule has 1 unspecified atom stereocenters. The van der Waals surface area contributed by atoms with Crippen molar-refractivity contribution in [1.29, 1.82) is 0 Å². The molecule has 0 bridgehead atoms. The van der Waals surface area contributed by atoms with Crippen LogP contribution in [-0.4, -0.2) is 29.4 Å². The highest BCUT2D eigenvalue weighted by Gasteiger charge is 2.32. The lowest BCUT2D eigenvalue weighted by Gasteiger charge is -2.29. The first-order valence-corrected chi connectivity index (χ1v) is 9.04. The summed E-state index contributed by atoms with van der Waals surface area (Å²) >= 11 is 1.32. The average molecular weight is 276 g/mol. The van der Waals surface area contributed by atoms with Crippen molar-refractivity contribution in [3.63, 3.8) is 0 Å². The van der Waals surface area contributed by atoms with E-state index in [1.165, 1.54) is 16.1 Å². The maximum Gasteiger partial charge on any atom is 0.294 e. The molecule has 1 N–H and O–H groups in total. The van der Waals surface area contributed by atoms with Gasteiger partial charge in [0.1, 0.15) is 0 Å². The number of hydrogen-bond acceptors (Lipinski definition) is 3. The molecule has 0 heterocycles. The van der Waals surface area contributed by atoms with E-state index < -0.39 is 6.65 Å². The summed E-state index contributed by atoms with van der Waals surface area (Å²) in [5, 5.41) is 2.94. The lowest BCUT2D eigenvalue weighted by molar-refractivity contribution is -0.125. The molecule has 0 aromatic heterocycles. The smallest absolute Gasteiger partial charge is 0.273 e. The minimum absolute atomic E-state index is 0.00406. The van der Waals surface area contributed by atoms with Gasteiger partial charge >= 0.3 is 0 Å². The van der Waals surface area contributed by atoms with Crippen molar-refractivity contribution < 1.29 is 9.36 Å². The van der Waals surface area contributed by atoms with Gasteiger partial charge in [0, 0.05) is 18.8 Å². The van der Waals surface area contributed by atoms with Crippen LogP contribution < -0.4 is 5.09 Å². The second-order valence-electron chi connectivity index (χ2n) is 3.36. The molecule has 1 amide bonds. The third-order valence-corrected chi connectivity index (χ3v) is 7.36. The van der Waals surface area contributed by atoms with Crippen LogP contribution in [0.2, 0.25) is 0 Å². The summed E-state index contributed by atoms with van der Waals surface area (Å²) in [6.45, 7) is 3.79. The van der Waals surface area contributed by atoms with Crippen LogP contribution in [-0.2, 0) is 9.36 Å². The number of carbonyl (C=O) groups excluding carboxylic acids is 1.